The smallest absolute Gasteiger partial charge is 0.423 e. The molecule has 0 radical (unpaired) electrons. The number of methoxy groups -OCH3 is 2. The van der Waals surface area contributed by atoms with Crippen molar-refractivity contribution in [2.45, 2.75) is 59.3 Å². The number of halogens is 2. The van der Waals surface area contributed by atoms with Crippen LogP contribution in [0, 0.1) is 0 Å². The van der Waals surface area contributed by atoms with E-state index in [1.165, 1.54) is 37.2 Å². The van der Waals surface area contributed by atoms with E-state index in [9.17, 15) is 14.4 Å². The van der Waals surface area contributed by atoms with Crippen LogP contribution in [-0.2, 0) is 23.1 Å². The second kappa shape index (κ2) is 15.3. The quantitative estimate of drug-likeness (QED) is 0.187. The molecule has 0 aliphatic heterocycles. The molecule has 2 N–H and O–H groups in total. The number of hydrogen-bond acceptors (Lipinski definition) is 11. The van der Waals surface area contributed by atoms with Crippen LogP contribution in [0.1, 0.15) is 47.1 Å². The summed E-state index contributed by atoms with van der Waals surface area (Å²) < 4.78 is 23.6. The van der Waals surface area contributed by atoms with Gasteiger partial charge in [-0.2, -0.15) is 10.00 Å². The van der Waals surface area contributed by atoms with Gasteiger partial charge in [0.1, 0.15) is 56.4 Å². The lowest BCUT2D eigenvalue weighted by Crippen LogP contribution is -2.49. The number of ether oxygens (including phenoxy) is 4. The summed E-state index contributed by atoms with van der Waals surface area (Å²) in [5.74, 6) is 0.0547. The Morgan fingerprint density at radius 2 is 1.39 bits per heavy atom. The van der Waals surface area contributed by atoms with Gasteiger partial charge in [0.25, 0.3) is 0 Å². The summed E-state index contributed by atoms with van der Waals surface area (Å²) in [5.41, 5.74) is 4.81. The van der Waals surface area contributed by atoms with Crippen LogP contribution < -0.4 is 29.9 Å². The van der Waals surface area contributed by atoms with E-state index >= 15 is 0 Å². The number of anilines is 5. The minimum absolute atomic E-state index is 0.0229. The number of rotatable bonds is 8. The topological polar surface area (TPSA) is 167 Å². The summed E-state index contributed by atoms with van der Waals surface area (Å²) in [6, 6.07) is 10.7. The van der Waals surface area contributed by atoms with Crippen molar-refractivity contribution < 1.29 is 33.3 Å². The third-order valence-corrected chi connectivity index (χ3v) is 7.45. The number of nitrogens with zero attached hydrogens (tertiary/aromatic N) is 7. The molecule has 15 nitrogen and oxygen atoms in total. The molecule has 0 saturated heterocycles. The predicted octanol–water partition coefficient (Wildman–Crippen LogP) is 7.76. The van der Waals surface area contributed by atoms with Crippen molar-refractivity contribution >= 4 is 70.2 Å². The second-order valence-electron chi connectivity index (χ2n) is 13.1. The largest absolute Gasteiger partial charge is 0.495 e. The maximum atomic E-state index is 15.0. The Morgan fingerprint density at radius 1 is 0.843 bits per heavy atom. The summed E-state index contributed by atoms with van der Waals surface area (Å²) in [6.07, 6.45) is 0.680. The Labute approximate surface area is 305 Å². The SMILES string of the molecule is COc1cc(OC)c(Cl)c(N(C(=O)OC(C)(C)C)C(=O)N(Cc2ccccc2)c2cc(N(C(=O)OC(C)(C)C)c3nn(C)cc3N)ncn2)c1Cl. The maximum Gasteiger partial charge on any atom is 0.423 e. The molecule has 272 valence electrons. The fourth-order valence-corrected chi connectivity index (χ4v) is 5.32. The monoisotopic (exact) mass is 742 g/mol. The van der Waals surface area contributed by atoms with Crippen LogP contribution in [0.2, 0.25) is 10.0 Å². The van der Waals surface area contributed by atoms with E-state index in [4.69, 9.17) is 47.9 Å². The number of aryl methyl sites for hydroxylation is 1. The predicted molar refractivity (Wildman–Crippen MR) is 194 cm³/mol. The number of urea groups is 1. The zero-order chi connectivity index (χ0) is 37.8. The number of benzene rings is 2. The lowest BCUT2D eigenvalue weighted by Gasteiger charge is -2.32. The number of hydrogen-bond donors (Lipinski definition) is 1. The average Bonchev–Trinajstić information content (AvgIpc) is 3.37. The number of nitrogen functional groups attached to an aromatic ring is 1. The van der Waals surface area contributed by atoms with E-state index in [2.05, 4.69) is 15.1 Å². The van der Waals surface area contributed by atoms with Gasteiger partial charge in [-0.1, -0.05) is 53.5 Å². The lowest BCUT2D eigenvalue weighted by molar-refractivity contribution is 0.0584. The minimum atomic E-state index is -1.12. The zero-order valence-corrected chi connectivity index (χ0v) is 31.2. The van der Waals surface area contributed by atoms with Gasteiger partial charge in [0.2, 0.25) is 0 Å². The van der Waals surface area contributed by atoms with Gasteiger partial charge in [-0.15, -0.1) is 0 Å². The van der Waals surface area contributed by atoms with Crippen molar-refractivity contribution in [1.29, 1.82) is 0 Å². The van der Waals surface area contributed by atoms with Gasteiger partial charge in [-0.05, 0) is 47.1 Å². The Bertz CT molecular complexity index is 1880. The van der Waals surface area contributed by atoms with E-state index in [1.807, 2.05) is 6.07 Å². The summed E-state index contributed by atoms with van der Waals surface area (Å²) in [6.45, 7) is 9.87. The Morgan fingerprint density at radius 3 is 1.90 bits per heavy atom. The molecular weight excluding hydrogens is 703 g/mol. The molecule has 0 saturated carbocycles. The number of imide groups is 1. The Hall–Kier alpha value is -5.28. The Kier molecular flexibility index (Phi) is 11.6. The molecule has 17 heteroatoms. The van der Waals surface area contributed by atoms with E-state index in [1.54, 1.807) is 72.9 Å². The van der Waals surface area contributed by atoms with Gasteiger partial charge < -0.3 is 24.7 Å². The fraction of sp³-hybridized carbons (Fsp3) is 0.353. The van der Waals surface area contributed by atoms with Gasteiger partial charge in [-0.25, -0.2) is 29.3 Å². The molecule has 0 atom stereocenters. The molecule has 2 aromatic heterocycles. The fourth-order valence-electron chi connectivity index (χ4n) is 4.65. The molecule has 0 aliphatic rings. The molecule has 4 amide bonds. The van der Waals surface area contributed by atoms with Crippen molar-refractivity contribution in [2.75, 3.05) is 34.7 Å². The zero-order valence-electron chi connectivity index (χ0n) is 29.7. The van der Waals surface area contributed by atoms with Gasteiger partial charge in [0.15, 0.2) is 5.82 Å². The molecule has 0 bridgehead atoms. The van der Waals surface area contributed by atoms with Gasteiger partial charge in [0.05, 0.1) is 26.5 Å². The first-order valence-corrected chi connectivity index (χ1v) is 16.2. The van der Waals surface area contributed by atoms with Crippen LogP contribution in [0.4, 0.5) is 43.2 Å². The van der Waals surface area contributed by atoms with E-state index in [0.29, 0.717) is 10.5 Å². The van der Waals surface area contributed by atoms with E-state index in [0.717, 1.165) is 16.1 Å². The number of carbonyl (C=O) groups is 3. The van der Waals surface area contributed by atoms with Crippen molar-refractivity contribution in [2.24, 2.45) is 7.05 Å². The molecule has 0 unspecified atom stereocenters. The van der Waals surface area contributed by atoms with Crippen molar-refractivity contribution in [3.63, 3.8) is 0 Å². The molecule has 2 aromatic carbocycles. The number of carbonyl (C=O) groups excluding carboxylic acids is 3. The Balaban J connectivity index is 1.97. The molecule has 0 spiro atoms. The summed E-state index contributed by atoms with van der Waals surface area (Å²) in [5, 5.41) is 4.00. The summed E-state index contributed by atoms with van der Waals surface area (Å²) >= 11 is 13.5. The lowest BCUT2D eigenvalue weighted by atomic mass is 10.2. The standard InChI is InChI=1S/C34H40Cl2N8O7/c1-33(2,3)50-31(46)43(29-21(37)18-41(7)40-29)25-16-24(38-19-39-25)42(17-20-13-11-10-12-14-20)30(45)44(32(47)51-34(4,5)6)28-26(35)22(48-8)15-23(49-9)27(28)36/h10-16,18-19H,17,37H2,1-9H3. The van der Waals surface area contributed by atoms with Crippen molar-refractivity contribution in [3.05, 3.63) is 70.6 Å². The molecular formula is C34H40Cl2N8O7. The van der Waals surface area contributed by atoms with E-state index in [-0.39, 0.29) is 56.9 Å². The summed E-state index contributed by atoms with van der Waals surface area (Å²) in [4.78, 5) is 54.3. The van der Waals surface area contributed by atoms with Crippen LogP contribution >= 0.6 is 23.2 Å². The highest BCUT2D eigenvalue weighted by Crippen LogP contribution is 2.47. The number of amides is 4. The minimum Gasteiger partial charge on any atom is -0.495 e. The molecule has 0 fully saturated rings. The first-order valence-electron chi connectivity index (χ1n) is 15.5. The first kappa shape index (κ1) is 38.5. The van der Waals surface area contributed by atoms with Crippen molar-refractivity contribution in [3.8, 4) is 11.5 Å². The number of nitrogens with two attached hydrogens (primary N) is 1. The highest BCUT2D eigenvalue weighted by molar-refractivity contribution is 6.43. The highest BCUT2D eigenvalue weighted by Gasteiger charge is 2.39. The van der Waals surface area contributed by atoms with Crippen molar-refractivity contribution in [1.82, 2.24) is 19.7 Å². The first-order chi connectivity index (χ1) is 23.8. The maximum absolute atomic E-state index is 15.0. The van der Waals surface area contributed by atoms with Crippen LogP contribution in [0.15, 0.2) is 55.0 Å². The van der Waals surface area contributed by atoms with Crippen LogP contribution in [0.5, 0.6) is 11.5 Å². The highest BCUT2D eigenvalue weighted by atomic mass is 35.5. The average molecular weight is 744 g/mol. The molecule has 4 aromatic rings. The van der Waals surface area contributed by atoms with Crippen LogP contribution in [-0.4, -0.2) is 63.4 Å². The van der Waals surface area contributed by atoms with Crippen LogP contribution in [0.25, 0.3) is 0 Å². The van der Waals surface area contributed by atoms with Gasteiger partial charge in [0, 0.05) is 25.4 Å². The third-order valence-electron chi connectivity index (χ3n) is 6.72. The molecule has 51 heavy (non-hydrogen) atoms. The molecule has 4 rings (SSSR count). The van der Waals surface area contributed by atoms with Gasteiger partial charge >= 0.3 is 18.2 Å². The van der Waals surface area contributed by atoms with E-state index < -0.39 is 29.4 Å². The molecule has 2 heterocycles. The van der Waals surface area contributed by atoms with Crippen LogP contribution in [0.3, 0.4) is 0 Å². The third kappa shape index (κ3) is 9.10. The second-order valence-corrected chi connectivity index (χ2v) is 13.8. The normalized spacial score (nSPS) is 11.4. The summed E-state index contributed by atoms with van der Waals surface area (Å²) in [7, 11) is 4.34. The molecule has 0 aliphatic carbocycles. The number of aromatic nitrogens is 4. The van der Waals surface area contributed by atoms with Gasteiger partial charge in [-0.3, -0.25) is 9.58 Å².